The number of hydrogen-bond donors (Lipinski definition) is 2. The van der Waals surface area contributed by atoms with Crippen LogP contribution in [0.5, 0.6) is 0 Å². The minimum Gasteiger partial charge on any atom is -0.397 e. The Labute approximate surface area is 132 Å². The first-order valence-corrected chi connectivity index (χ1v) is 7.19. The zero-order chi connectivity index (χ0) is 14.7. The predicted molar refractivity (Wildman–Crippen MR) is 91.3 cm³/mol. The summed E-state index contributed by atoms with van der Waals surface area (Å²) >= 11 is 2.25. The molecule has 2 rings (SSSR count). The average Bonchev–Trinajstić information content (AvgIpc) is 2.42. The first-order valence-electron chi connectivity index (χ1n) is 6.12. The number of carbonyl (C=O) groups excluding carboxylic acids is 1. The van der Waals surface area contributed by atoms with Gasteiger partial charge in [0.15, 0.2) is 0 Å². The lowest BCUT2D eigenvalue weighted by Crippen LogP contribution is -2.21. The normalized spacial score (nSPS) is 10.2. The van der Waals surface area contributed by atoms with E-state index in [9.17, 15) is 4.79 Å². The zero-order valence-electron chi connectivity index (χ0n) is 11.4. The fourth-order valence-electron chi connectivity index (χ4n) is 1.76. The van der Waals surface area contributed by atoms with Crippen molar-refractivity contribution >= 4 is 45.6 Å². The highest BCUT2D eigenvalue weighted by atomic mass is 127. The molecule has 0 aliphatic rings. The summed E-state index contributed by atoms with van der Waals surface area (Å²) in [7, 11) is 3.46. The second-order valence-corrected chi connectivity index (χ2v) is 5.77. The van der Waals surface area contributed by atoms with Gasteiger partial charge in [0.1, 0.15) is 0 Å². The zero-order valence-corrected chi connectivity index (χ0v) is 13.5. The number of nitrogens with one attached hydrogen (secondary N) is 1. The molecule has 1 amide bonds. The molecule has 0 radical (unpaired) electrons. The Hall–Kier alpha value is -1.76. The Morgan fingerprint density at radius 2 is 1.85 bits per heavy atom. The molecular weight excluding hydrogens is 365 g/mol. The van der Waals surface area contributed by atoms with Gasteiger partial charge in [0.05, 0.1) is 17.1 Å². The number of hydrogen-bond acceptors (Lipinski definition) is 3. The molecule has 104 valence electrons. The van der Waals surface area contributed by atoms with Crippen LogP contribution in [0.4, 0.5) is 17.1 Å². The predicted octanol–water partition coefficient (Wildman–Crippen LogP) is 3.32. The van der Waals surface area contributed by atoms with Crippen LogP contribution in [0.1, 0.15) is 10.4 Å². The van der Waals surface area contributed by atoms with Gasteiger partial charge < -0.3 is 16.0 Å². The van der Waals surface area contributed by atoms with Crippen LogP contribution in [-0.2, 0) is 0 Å². The van der Waals surface area contributed by atoms with Gasteiger partial charge >= 0.3 is 0 Å². The van der Waals surface area contributed by atoms with Gasteiger partial charge in [0.25, 0.3) is 5.91 Å². The second kappa shape index (κ2) is 6.13. The number of nitrogen functional groups attached to an aromatic ring is 1. The molecule has 0 saturated carbocycles. The Bertz CT molecular complexity index is 641. The van der Waals surface area contributed by atoms with Crippen molar-refractivity contribution in [3.05, 3.63) is 51.6 Å². The second-order valence-electron chi connectivity index (χ2n) is 4.61. The number of nitrogens with zero attached hydrogens (tertiary/aromatic N) is 1. The molecule has 0 aliphatic carbocycles. The molecule has 0 aliphatic heterocycles. The molecule has 5 heteroatoms. The van der Waals surface area contributed by atoms with Crippen molar-refractivity contribution in [2.45, 2.75) is 0 Å². The van der Waals surface area contributed by atoms with Gasteiger partial charge in [-0.1, -0.05) is 12.1 Å². The van der Waals surface area contributed by atoms with E-state index in [0.29, 0.717) is 11.3 Å². The maximum Gasteiger partial charge on any atom is 0.253 e. The molecule has 20 heavy (non-hydrogen) atoms. The van der Waals surface area contributed by atoms with E-state index in [1.165, 1.54) is 0 Å². The molecule has 0 bridgehead atoms. The summed E-state index contributed by atoms with van der Waals surface area (Å²) in [4.78, 5) is 13.5. The maximum atomic E-state index is 12.0. The van der Waals surface area contributed by atoms with E-state index in [1.54, 1.807) is 37.2 Å². The molecular formula is C15H16IN3O. The van der Waals surface area contributed by atoms with Gasteiger partial charge in [-0.25, -0.2) is 0 Å². The van der Waals surface area contributed by atoms with E-state index >= 15 is 0 Å². The largest absolute Gasteiger partial charge is 0.397 e. The first kappa shape index (κ1) is 14.6. The van der Waals surface area contributed by atoms with Crippen LogP contribution in [0.3, 0.4) is 0 Å². The van der Waals surface area contributed by atoms with E-state index in [1.807, 2.05) is 24.3 Å². The molecule has 3 N–H and O–H groups in total. The van der Waals surface area contributed by atoms with E-state index in [-0.39, 0.29) is 5.91 Å². The van der Waals surface area contributed by atoms with Gasteiger partial charge in [0, 0.05) is 23.2 Å². The van der Waals surface area contributed by atoms with Crippen LogP contribution in [0.2, 0.25) is 0 Å². The quantitative estimate of drug-likeness (QED) is 0.634. The fourth-order valence-corrected chi connectivity index (χ4v) is 2.29. The Balaban J connectivity index is 2.35. The third-order valence-corrected chi connectivity index (χ3v) is 3.79. The van der Waals surface area contributed by atoms with Crippen molar-refractivity contribution in [2.24, 2.45) is 0 Å². The summed E-state index contributed by atoms with van der Waals surface area (Å²) in [6, 6.07) is 13.2. The summed E-state index contributed by atoms with van der Waals surface area (Å²) in [5, 5.41) is 3.27. The first-order chi connectivity index (χ1) is 9.49. The SMILES string of the molecule is CN(C)C(=O)c1ccc(N)c(Nc2ccccc2I)c1. The van der Waals surface area contributed by atoms with Crippen LogP contribution in [0, 0.1) is 3.57 Å². The average molecular weight is 381 g/mol. The molecule has 0 heterocycles. The van der Waals surface area contributed by atoms with Gasteiger partial charge in [-0.3, -0.25) is 4.79 Å². The van der Waals surface area contributed by atoms with E-state index in [4.69, 9.17) is 5.73 Å². The number of nitrogens with two attached hydrogens (primary N) is 1. The van der Waals surface area contributed by atoms with Crippen molar-refractivity contribution in [1.29, 1.82) is 0 Å². The fraction of sp³-hybridized carbons (Fsp3) is 0.133. The van der Waals surface area contributed by atoms with Crippen molar-refractivity contribution in [1.82, 2.24) is 4.90 Å². The minimum absolute atomic E-state index is 0.0455. The third-order valence-electron chi connectivity index (χ3n) is 2.85. The summed E-state index contributed by atoms with van der Waals surface area (Å²) in [6.45, 7) is 0. The number of anilines is 3. The molecule has 0 saturated heterocycles. The number of para-hydroxylation sites is 1. The number of carbonyl (C=O) groups is 1. The van der Waals surface area contributed by atoms with E-state index < -0.39 is 0 Å². The van der Waals surface area contributed by atoms with Crippen LogP contribution in [-0.4, -0.2) is 24.9 Å². The van der Waals surface area contributed by atoms with Crippen LogP contribution >= 0.6 is 22.6 Å². The number of rotatable bonds is 3. The lowest BCUT2D eigenvalue weighted by Gasteiger charge is -2.14. The van der Waals surface area contributed by atoms with Crippen molar-refractivity contribution < 1.29 is 4.79 Å². The van der Waals surface area contributed by atoms with E-state index in [0.717, 1.165) is 14.9 Å². The highest BCUT2D eigenvalue weighted by Crippen LogP contribution is 2.27. The maximum absolute atomic E-state index is 12.0. The topological polar surface area (TPSA) is 58.4 Å². The molecule has 4 nitrogen and oxygen atoms in total. The highest BCUT2D eigenvalue weighted by molar-refractivity contribution is 14.1. The van der Waals surface area contributed by atoms with E-state index in [2.05, 4.69) is 27.9 Å². The lowest BCUT2D eigenvalue weighted by molar-refractivity contribution is 0.0827. The number of halogens is 1. The van der Waals surface area contributed by atoms with Gasteiger partial charge in [-0.15, -0.1) is 0 Å². The van der Waals surface area contributed by atoms with Crippen molar-refractivity contribution in [3.8, 4) is 0 Å². The Kier molecular flexibility index (Phi) is 4.49. The molecule has 0 aromatic heterocycles. The molecule has 0 unspecified atom stereocenters. The third kappa shape index (κ3) is 3.22. The van der Waals surface area contributed by atoms with Crippen LogP contribution < -0.4 is 11.1 Å². The van der Waals surface area contributed by atoms with Crippen LogP contribution in [0.25, 0.3) is 0 Å². The number of benzene rings is 2. The van der Waals surface area contributed by atoms with Gasteiger partial charge in [-0.05, 0) is 52.9 Å². The minimum atomic E-state index is -0.0455. The summed E-state index contributed by atoms with van der Waals surface area (Å²) < 4.78 is 1.09. The number of amides is 1. The van der Waals surface area contributed by atoms with Gasteiger partial charge in [0.2, 0.25) is 0 Å². The molecule has 0 spiro atoms. The summed E-state index contributed by atoms with van der Waals surface area (Å²) in [5.41, 5.74) is 8.90. The van der Waals surface area contributed by atoms with Gasteiger partial charge in [-0.2, -0.15) is 0 Å². The molecule has 2 aromatic carbocycles. The van der Waals surface area contributed by atoms with Crippen molar-refractivity contribution in [3.63, 3.8) is 0 Å². The van der Waals surface area contributed by atoms with Crippen LogP contribution in [0.15, 0.2) is 42.5 Å². The Morgan fingerprint density at radius 3 is 2.50 bits per heavy atom. The smallest absolute Gasteiger partial charge is 0.253 e. The molecule has 2 aromatic rings. The van der Waals surface area contributed by atoms with Crippen molar-refractivity contribution in [2.75, 3.05) is 25.1 Å². The standard InChI is InChI=1S/C15H16IN3O/c1-19(2)15(20)10-7-8-12(17)14(9-10)18-13-6-4-3-5-11(13)16/h3-9,18H,17H2,1-2H3. The summed E-state index contributed by atoms with van der Waals surface area (Å²) in [5.74, 6) is -0.0455. The lowest BCUT2D eigenvalue weighted by atomic mass is 10.1. The highest BCUT2D eigenvalue weighted by Gasteiger charge is 2.11. The summed E-state index contributed by atoms with van der Waals surface area (Å²) in [6.07, 6.45) is 0. The molecule has 0 fully saturated rings. The molecule has 0 atom stereocenters. The monoisotopic (exact) mass is 381 g/mol. The Morgan fingerprint density at radius 1 is 1.15 bits per heavy atom.